The monoisotopic (exact) mass is 274 g/mol. The van der Waals surface area contributed by atoms with Gasteiger partial charge >= 0.3 is 0 Å². The molecule has 18 heavy (non-hydrogen) atoms. The van der Waals surface area contributed by atoms with E-state index in [-0.39, 0.29) is 29.5 Å². The van der Waals surface area contributed by atoms with Crippen LogP contribution < -0.4 is 4.74 Å². The third-order valence-electron chi connectivity index (χ3n) is 2.24. The van der Waals surface area contributed by atoms with Gasteiger partial charge < -0.3 is 4.74 Å². The molecule has 1 aromatic rings. The van der Waals surface area contributed by atoms with Gasteiger partial charge in [0.05, 0.1) is 17.9 Å². The van der Waals surface area contributed by atoms with Gasteiger partial charge in [0.25, 0.3) is 0 Å². The van der Waals surface area contributed by atoms with Crippen LogP contribution in [0.2, 0.25) is 0 Å². The molecule has 0 unspecified atom stereocenters. The molecule has 0 aliphatic heterocycles. The van der Waals surface area contributed by atoms with Gasteiger partial charge in [-0.1, -0.05) is 0 Å². The quantitative estimate of drug-likeness (QED) is 0.586. The molecule has 0 aliphatic carbocycles. The van der Waals surface area contributed by atoms with Crippen molar-refractivity contribution in [2.45, 2.75) is 13.3 Å². The van der Waals surface area contributed by atoms with Gasteiger partial charge in [0, 0.05) is 6.26 Å². The number of Topliss-reactive ketones (excluding diaryl/α,β-unsaturated/α-hetero) is 1. The molecule has 0 amide bonds. The lowest BCUT2D eigenvalue weighted by atomic mass is 10.1. The first-order chi connectivity index (χ1) is 8.29. The van der Waals surface area contributed by atoms with Crippen molar-refractivity contribution in [3.8, 4) is 5.75 Å². The van der Waals surface area contributed by atoms with Crippen LogP contribution in [-0.4, -0.2) is 32.8 Å². The Morgan fingerprint density at radius 2 is 2.06 bits per heavy atom. The van der Waals surface area contributed by atoms with E-state index in [1.54, 1.807) is 0 Å². The van der Waals surface area contributed by atoms with E-state index in [0.29, 0.717) is 6.42 Å². The molecule has 0 N–H and O–H groups in total. The first-order valence-electron chi connectivity index (χ1n) is 5.40. The van der Waals surface area contributed by atoms with Gasteiger partial charge in [-0.3, -0.25) is 4.79 Å². The summed E-state index contributed by atoms with van der Waals surface area (Å²) >= 11 is 0. The minimum atomic E-state index is -3.02. The molecule has 0 bridgehead atoms. The maximum atomic E-state index is 13.0. The zero-order valence-corrected chi connectivity index (χ0v) is 11.1. The lowest BCUT2D eigenvalue weighted by molar-refractivity contribution is 0.101. The summed E-state index contributed by atoms with van der Waals surface area (Å²) in [7, 11) is -3.02. The van der Waals surface area contributed by atoms with Gasteiger partial charge in [-0.15, -0.1) is 0 Å². The highest BCUT2D eigenvalue weighted by Gasteiger charge is 2.10. The van der Waals surface area contributed by atoms with E-state index in [9.17, 15) is 17.6 Å². The number of rotatable bonds is 6. The van der Waals surface area contributed by atoms with Gasteiger partial charge in [-0.25, -0.2) is 12.8 Å². The summed E-state index contributed by atoms with van der Waals surface area (Å²) in [6.07, 6.45) is 1.47. The molecule has 0 heterocycles. The Morgan fingerprint density at radius 3 is 2.61 bits per heavy atom. The molecule has 0 saturated carbocycles. The van der Waals surface area contributed by atoms with Crippen LogP contribution >= 0.6 is 0 Å². The first-order valence-corrected chi connectivity index (χ1v) is 7.46. The standard InChI is InChI=1S/C12H15FO4S/c1-9(14)11-8-10(13)4-5-12(11)17-6-3-7-18(2,15)16/h4-5,8H,3,6-7H2,1-2H3. The summed E-state index contributed by atoms with van der Waals surface area (Å²) < 4.78 is 40.1. The third kappa shape index (κ3) is 4.83. The Bertz CT molecular complexity index is 537. The van der Waals surface area contributed by atoms with Crippen LogP contribution in [0.3, 0.4) is 0 Å². The maximum Gasteiger partial charge on any atom is 0.163 e. The van der Waals surface area contributed by atoms with Crippen molar-refractivity contribution < 1.29 is 22.3 Å². The third-order valence-corrected chi connectivity index (χ3v) is 3.27. The fourth-order valence-corrected chi connectivity index (χ4v) is 2.05. The zero-order chi connectivity index (χ0) is 13.8. The number of halogens is 1. The fourth-order valence-electron chi connectivity index (χ4n) is 1.41. The number of benzene rings is 1. The number of hydrogen-bond acceptors (Lipinski definition) is 4. The van der Waals surface area contributed by atoms with E-state index >= 15 is 0 Å². The minimum Gasteiger partial charge on any atom is -0.493 e. The van der Waals surface area contributed by atoms with Crippen molar-refractivity contribution in [1.29, 1.82) is 0 Å². The predicted octanol–water partition coefficient (Wildman–Crippen LogP) is 1.84. The van der Waals surface area contributed by atoms with Crippen molar-refractivity contribution in [2.24, 2.45) is 0 Å². The van der Waals surface area contributed by atoms with Crippen molar-refractivity contribution in [2.75, 3.05) is 18.6 Å². The molecule has 0 fully saturated rings. The average Bonchev–Trinajstić information content (AvgIpc) is 2.24. The summed E-state index contributed by atoms with van der Waals surface area (Å²) in [5.74, 6) is -0.516. The minimum absolute atomic E-state index is 0.0175. The Hall–Kier alpha value is -1.43. The second kappa shape index (κ2) is 5.95. The van der Waals surface area contributed by atoms with Crippen molar-refractivity contribution in [1.82, 2.24) is 0 Å². The van der Waals surface area contributed by atoms with Crippen LogP contribution in [0.5, 0.6) is 5.75 Å². The van der Waals surface area contributed by atoms with E-state index in [1.165, 1.54) is 19.1 Å². The van der Waals surface area contributed by atoms with Crippen LogP contribution in [0.1, 0.15) is 23.7 Å². The molecule has 1 rings (SSSR count). The maximum absolute atomic E-state index is 13.0. The highest BCUT2D eigenvalue weighted by Crippen LogP contribution is 2.20. The molecule has 0 spiro atoms. The topological polar surface area (TPSA) is 60.4 Å². The SMILES string of the molecule is CC(=O)c1cc(F)ccc1OCCCS(C)(=O)=O. The van der Waals surface area contributed by atoms with E-state index in [2.05, 4.69) is 0 Å². The number of carbonyl (C=O) groups is 1. The van der Waals surface area contributed by atoms with E-state index < -0.39 is 15.7 Å². The Kier molecular flexibility index (Phi) is 4.84. The molecule has 0 aromatic heterocycles. The second-order valence-corrected chi connectivity index (χ2v) is 6.29. The fraction of sp³-hybridized carbons (Fsp3) is 0.417. The molecular weight excluding hydrogens is 259 g/mol. The number of ether oxygens (including phenoxy) is 1. The molecule has 6 heteroatoms. The van der Waals surface area contributed by atoms with Crippen LogP contribution in [-0.2, 0) is 9.84 Å². The van der Waals surface area contributed by atoms with Crippen molar-refractivity contribution in [3.63, 3.8) is 0 Å². The number of sulfone groups is 1. The summed E-state index contributed by atoms with van der Waals surface area (Å²) in [5.41, 5.74) is 0.161. The lowest BCUT2D eigenvalue weighted by Crippen LogP contribution is -2.09. The predicted molar refractivity (Wildman–Crippen MR) is 66.2 cm³/mol. The van der Waals surface area contributed by atoms with Gasteiger partial charge in [-0.05, 0) is 31.5 Å². The van der Waals surface area contributed by atoms with Gasteiger partial charge in [-0.2, -0.15) is 0 Å². The number of hydrogen-bond donors (Lipinski definition) is 0. The Labute approximate surface area is 106 Å². The summed E-state index contributed by atoms with van der Waals surface area (Å²) in [4.78, 5) is 11.3. The molecule has 0 radical (unpaired) electrons. The second-order valence-electron chi connectivity index (χ2n) is 4.03. The number of carbonyl (C=O) groups excluding carboxylic acids is 1. The van der Waals surface area contributed by atoms with E-state index in [4.69, 9.17) is 4.74 Å². The van der Waals surface area contributed by atoms with Crippen LogP contribution in [0.25, 0.3) is 0 Å². The molecule has 4 nitrogen and oxygen atoms in total. The van der Waals surface area contributed by atoms with Crippen molar-refractivity contribution in [3.05, 3.63) is 29.6 Å². The average molecular weight is 274 g/mol. The molecule has 100 valence electrons. The Morgan fingerprint density at radius 1 is 1.39 bits per heavy atom. The van der Waals surface area contributed by atoms with Crippen molar-refractivity contribution >= 4 is 15.6 Å². The molecule has 1 aromatic carbocycles. The van der Waals surface area contributed by atoms with Crippen LogP contribution in [0.15, 0.2) is 18.2 Å². The first kappa shape index (κ1) is 14.6. The largest absolute Gasteiger partial charge is 0.493 e. The summed E-state index contributed by atoms with van der Waals surface area (Å²) in [6.45, 7) is 1.48. The Balaban J connectivity index is 2.65. The van der Waals surface area contributed by atoms with Gasteiger partial charge in [0.2, 0.25) is 0 Å². The zero-order valence-electron chi connectivity index (χ0n) is 10.3. The summed E-state index contributed by atoms with van der Waals surface area (Å²) in [5, 5.41) is 0. The highest BCUT2D eigenvalue weighted by molar-refractivity contribution is 7.90. The van der Waals surface area contributed by atoms with E-state index in [1.807, 2.05) is 0 Å². The van der Waals surface area contributed by atoms with Crippen LogP contribution in [0.4, 0.5) is 4.39 Å². The molecule has 0 saturated heterocycles. The van der Waals surface area contributed by atoms with Gasteiger partial charge in [0.1, 0.15) is 21.4 Å². The van der Waals surface area contributed by atoms with Crippen LogP contribution in [0, 0.1) is 5.82 Å². The lowest BCUT2D eigenvalue weighted by Gasteiger charge is -2.09. The van der Waals surface area contributed by atoms with E-state index in [0.717, 1.165) is 12.3 Å². The highest BCUT2D eigenvalue weighted by atomic mass is 32.2. The smallest absolute Gasteiger partial charge is 0.163 e. The molecular formula is C12H15FO4S. The molecule has 0 aliphatic rings. The molecule has 0 atom stereocenters. The number of ketones is 1. The normalized spacial score (nSPS) is 11.3. The van der Waals surface area contributed by atoms with Gasteiger partial charge in [0.15, 0.2) is 5.78 Å². The summed E-state index contributed by atoms with van der Waals surface area (Å²) in [6, 6.07) is 3.67.